The molecule has 0 saturated carbocycles. The van der Waals surface area contributed by atoms with E-state index in [2.05, 4.69) is 0 Å². The summed E-state index contributed by atoms with van der Waals surface area (Å²) in [7, 11) is 1.33. The van der Waals surface area contributed by atoms with E-state index in [1.807, 2.05) is 12.1 Å². The van der Waals surface area contributed by atoms with Crippen LogP contribution in [-0.4, -0.2) is 27.3 Å². The standard InChI is InChI=1S/C25H23ClN2O4/c1-25(2,31)18-7-10-20(11-8-18)28-22-14-19(26)9-12-21(22)27(24(28)30)15-16-5-4-6-17(13-16)23(29)32-3/h4-14,31H,15H2,1-3H3. The molecule has 1 aromatic heterocycles. The minimum atomic E-state index is -0.981. The minimum absolute atomic E-state index is 0.234. The number of nitrogens with zero attached hydrogens (tertiary/aromatic N) is 2. The first-order valence-electron chi connectivity index (χ1n) is 10.1. The van der Waals surface area contributed by atoms with Crippen molar-refractivity contribution in [3.63, 3.8) is 0 Å². The minimum Gasteiger partial charge on any atom is -0.465 e. The summed E-state index contributed by atoms with van der Waals surface area (Å²) in [6.45, 7) is 3.70. The normalized spacial score (nSPS) is 11.7. The molecule has 0 bridgehead atoms. The number of hydrogen-bond acceptors (Lipinski definition) is 4. The Bertz CT molecular complexity index is 1360. The Morgan fingerprint density at radius 3 is 2.41 bits per heavy atom. The van der Waals surface area contributed by atoms with Crippen LogP contribution in [0.15, 0.2) is 71.5 Å². The highest BCUT2D eigenvalue weighted by Crippen LogP contribution is 2.25. The van der Waals surface area contributed by atoms with Gasteiger partial charge in [0.05, 0.1) is 41.5 Å². The molecule has 0 aliphatic rings. The Kier molecular flexibility index (Phi) is 5.67. The molecule has 0 spiro atoms. The van der Waals surface area contributed by atoms with Crippen LogP contribution in [0.1, 0.15) is 35.3 Å². The highest BCUT2D eigenvalue weighted by Gasteiger charge is 2.19. The van der Waals surface area contributed by atoms with Crippen molar-refractivity contribution in [3.8, 4) is 5.69 Å². The molecular formula is C25H23ClN2O4. The van der Waals surface area contributed by atoms with Crippen LogP contribution in [0.3, 0.4) is 0 Å². The lowest BCUT2D eigenvalue weighted by molar-refractivity contribution is 0.0600. The van der Waals surface area contributed by atoms with Gasteiger partial charge in [-0.1, -0.05) is 35.9 Å². The summed E-state index contributed by atoms with van der Waals surface area (Å²) in [5.41, 5.74) is 2.80. The van der Waals surface area contributed by atoms with Gasteiger partial charge >= 0.3 is 11.7 Å². The fourth-order valence-electron chi connectivity index (χ4n) is 3.75. The molecule has 0 amide bonds. The molecule has 0 unspecified atom stereocenters. The van der Waals surface area contributed by atoms with Crippen molar-refractivity contribution in [2.45, 2.75) is 26.0 Å². The molecule has 1 heterocycles. The molecule has 0 aliphatic heterocycles. The number of aromatic nitrogens is 2. The molecular weight excluding hydrogens is 428 g/mol. The molecule has 0 atom stereocenters. The van der Waals surface area contributed by atoms with Crippen LogP contribution in [0.25, 0.3) is 16.7 Å². The summed E-state index contributed by atoms with van der Waals surface area (Å²) in [5.74, 6) is -0.430. The maximum Gasteiger partial charge on any atom is 0.337 e. The second-order valence-corrected chi connectivity index (χ2v) is 8.57. The Morgan fingerprint density at radius 2 is 1.75 bits per heavy atom. The van der Waals surface area contributed by atoms with Gasteiger partial charge in [0.2, 0.25) is 0 Å². The third-order valence-corrected chi connectivity index (χ3v) is 5.65. The number of aliphatic hydroxyl groups is 1. The topological polar surface area (TPSA) is 73.5 Å². The van der Waals surface area contributed by atoms with E-state index in [4.69, 9.17) is 16.3 Å². The van der Waals surface area contributed by atoms with E-state index in [0.29, 0.717) is 21.8 Å². The molecule has 4 aromatic rings. The molecule has 0 radical (unpaired) electrons. The number of ether oxygens (including phenoxy) is 1. The van der Waals surface area contributed by atoms with Crippen molar-refractivity contribution in [1.82, 2.24) is 9.13 Å². The Morgan fingerprint density at radius 1 is 1.03 bits per heavy atom. The fourth-order valence-corrected chi connectivity index (χ4v) is 3.91. The molecule has 1 N–H and O–H groups in total. The highest BCUT2D eigenvalue weighted by atomic mass is 35.5. The van der Waals surface area contributed by atoms with Crippen molar-refractivity contribution in [2.75, 3.05) is 7.11 Å². The van der Waals surface area contributed by atoms with Crippen LogP contribution >= 0.6 is 11.6 Å². The Balaban J connectivity index is 1.85. The molecule has 7 heteroatoms. The fraction of sp³-hybridized carbons (Fsp3) is 0.200. The van der Waals surface area contributed by atoms with Crippen molar-refractivity contribution in [1.29, 1.82) is 0 Å². The van der Waals surface area contributed by atoms with E-state index < -0.39 is 11.6 Å². The zero-order chi connectivity index (χ0) is 23.0. The second kappa shape index (κ2) is 8.30. The van der Waals surface area contributed by atoms with Gasteiger partial charge in [-0.05, 0) is 67.4 Å². The largest absolute Gasteiger partial charge is 0.465 e. The predicted octanol–water partition coefficient (Wildman–Crippen LogP) is 4.51. The molecule has 3 aromatic carbocycles. The smallest absolute Gasteiger partial charge is 0.337 e. The quantitative estimate of drug-likeness (QED) is 0.454. The van der Waals surface area contributed by atoms with Crippen LogP contribution < -0.4 is 5.69 Å². The van der Waals surface area contributed by atoms with Gasteiger partial charge in [0.1, 0.15) is 0 Å². The molecule has 4 rings (SSSR count). The Hall–Kier alpha value is -3.35. The second-order valence-electron chi connectivity index (χ2n) is 8.14. The number of benzene rings is 3. The molecule has 0 fully saturated rings. The summed E-state index contributed by atoms with van der Waals surface area (Å²) in [4.78, 5) is 25.4. The third kappa shape index (κ3) is 4.07. The van der Waals surface area contributed by atoms with Gasteiger partial charge in [0.15, 0.2) is 0 Å². The third-order valence-electron chi connectivity index (χ3n) is 5.41. The first kappa shape index (κ1) is 21.9. The summed E-state index contributed by atoms with van der Waals surface area (Å²) in [6, 6.07) is 19.5. The van der Waals surface area contributed by atoms with Crippen molar-refractivity contribution >= 4 is 28.6 Å². The van der Waals surface area contributed by atoms with Gasteiger partial charge in [-0.2, -0.15) is 0 Å². The van der Waals surface area contributed by atoms with E-state index in [-0.39, 0.29) is 12.2 Å². The number of halogens is 1. The first-order valence-corrected chi connectivity index (χ1v) is 10.5. The van der Waals surface area contributed by atoms with Crippen LogP contribution in [0.2, 0.25) is 5.02 Å². The lowest BCUT2D eigenvalue weighted by Gasteiger charge is -2.18. The first-order chi connectivity index (χ1) is 15.2. The van der Waals surface area contributed by atoms with Crippen LogP contribution in [0.4, 0.5) is 0 Å². The average Bonchev–Trinajstić information content (AvgIpc) is 3.03. The van der Waals surface area contributed by atoms with Crippen molar-refractivity contribution in [2.24, 2.45) is 0 Å². The van der Waals surface area contributed by atoms with Crippen molar-refractivity contribution < 1.29 is 14.6 Å². The summed E-state index contributed by atoms with van der Waals surface area (Å²) >= 11 is 6.25. The van der Waals surface area contributed by atoms with E-state index >= 15 is 0 Å². The summed E-state index contributed by atoms with van der Waals surface area (Å²) in [6.07, 6.45) is 0. The zero-order valence-corrected chi connectivity index (χ0v) is 18.8. The number of hydrogen-bond donors (Lipinski definition) is 1. The number of rotatable bonds is 5. The monoisotopic (exact) mass is 450 g/mol. The van der Waals surface area contributed by atoms with Gasteiger partial charge in [0, 0.05) is 5.02 Å². The van der Waals surface area contributed by atoms with Gasteiger partial charge in [-0.15, -0.1) is 0 Å². The van der Waals surface area contributed by atoms with Gasteiger partial charge in [-0.25, -0.2) is 9.59 Å². The number of imidazole rings is 1. The number of fused-ring (bicyclic) bond motifs is 1. The van der Waals surface area contributed by atoms with Crippen LogP contribution in [0, 0.1) is 0 Å². The predicted molar refractivity (Wildman–Crippen MR) is 125 cm³/mol. The number of methoxy groups -OCH3 is 1. The highest BCUT2D eigenvalue weighted by molar-refractivity contribution is 6.31. The number of carbonyl (C=O) groups excluding carboxylic acids is 1. The van der Waals surface area contributed by atoms with Crippen molar-refractivity contribution in [3.05, 3.63) is 98.9 Å². The SMILES string of the molecule is COC(=O)c1cccc(Cn2c(=O)n(-c3ccc(C(C)(C)O)cc3)c3cc(Cl)ccc32)c1. The number of carbonyl (C=O) groups is 1. The van der Waals surface area contributed by atoms with Gasteiger partial charge < -0.3 is 9.84 Å². The number of esters is 1. The van der Waals surface area contributed by atoms with E-state index in [1.54, 1.807) is 77.6 Å². The molecule has 32 heavy (non-hydrogen) atoms. The van der Waals surface area contributed by atoms with Crippen LogP contribution in [-0.2, 0) is 16.9 Å². The summed E-state index contributed by atoms with van der Waals surface area (Å²) in [5, 5.41) is 10.8. The van der Waals surface area contributed by atoms with E-state index in [0.717, 1.165) is 16.6 Å². The van der Waals surface area contributed by atoms with E-state index in [9.17, 15) is 14.7 Å². The zero-order valence-electron chi connectivity index (χ0n) is 18.0. The molecule has 6 nitrogen and oxygen atoms in total. The van der Waals surface area contributed by atoms with E-state index in [1.165, 1.54) is 7.11 Å². The van der Waals surface area contributed by atoms with Gasteiger partial charge in [0.25, 0.3) is 0 Å². The Labute approximate surface area is 190 Å². The average molecular weight is 451 g/mol. The molecule has 0 aliphatic carbocycles. The maximum absolute atomic E-state index is 13.5. The van der Waals surface area contributed by atoms with Crippen LogP contribution in [0.5, 0.6) is 0 Å². The lowest BCUT2D eigenvalue weighted by Crippen LogP contribution is -2.24. The summed E-state index contributed by atoms with van der Waals surface area (Å²) < 4.78 is 8.04. The molecule has 164 valence electrons. The maximum atomic E-state index is 13.5. The lowest BCUT2D eigenvalue weighted by atomic mass is 9.98. The molecule has 0 saturated heterocycles. The van der Waals surface area contributed by atoms with Gasteiger partial charge in [-0.3, -0.25) is 9.13 Å².